The first-order valence-corrected chi connectivity index (χ1v) is 34.3. The summed E-state index contributed by atoms with van der Waals surface area (Å²) in [6, 6.07) is 0. The van der Waals surface area contributed by atoms with Gasteiger partial charge in [-0.1, -0.05) is 39.3 Å². The largest absolute Gasteiger partial charge is 0.431 e. The Morgan fingerprint density at radius 3 is 1.67 bits per heavy atom. The van der Waals surface area contributed by atoms with Crippen molar-refractivity contribution in [2.24, 2.45) is 45.3 Å². The lowest BCUT2D eigenvalue weighted by atomic mass is 9.35. The molecule has 10 aliphatic rings. The van der Waals surface area contributed by atoms with E-state index >= 15 is 4.79 Å². The molecule has 560 valence electrons. The van der Waals surface area contributed by atoms with Crippen molar-refractivity contribution >= 4 is 5.97 Å². The van der Waals surface area contributed by atoms with Gasteiger partial charge < -0.3 is 154 Å². The molecule has 32 nitrogen and oxygen atoms in total. The van der Waals surface area contributed by atoms with Crippen LogP contribution in [-0.2, 0) is 61.6 Å². The predicted molar refractivity (Wildman–Crippen MR) is 324 cm³/mol. The topological polar surface area (TPSA) is 512 Å². The van der Waals surface area contributed by atoms with Gasteiger partial charge in [0, 0.05) is 11.3 Å². The Labute approximate surface area is 562 Å². The number of carbonyl (C=O) groups is 1. The second-order valence-corrected chi connectivity index (χ2v) is 30.5. The van der Waals surface area contributed by atoms with Gasteiger partial charge in [0.15, 0.2) is 43.2 Å². The van der Waals surface area contributed by atoms with Gasteiger partial charge in [0.1, 0.15) is 122 Å². The molecule has 39 atom stereocenters. The molecule has 4 saturated carbocycles. The average Bonchev–Trinajstić information content (AvgIpc) is 1.67. The van der Waals surface area contributed by atoms with E-state index in [1.165, 1.54) is 13.8 Å². The van der Waals surface area contributed by atoms with Crippen LogP contribution >= 0.6 is 0 Å². The van der Waals surface area contributed by atoms with Gasteiger partial charge in [-0.05, 0) is 126 Å². The van der Waals surface area contributed by atoms with Gasteiger partial charge in [-0.3, -0.25) is 0 Å². The number of ether oxygens (including phenoxy) is 12. The molecule has 6 saturated heterocycles. The van der Waals surface area contributed by atoms with E-state index in [9.17, 15) is 97.0 Å². The Hall–Kier alpha value is -1.99. The molecule has 6 heterocycles. The highest BCUT2D eigenvalue weighted by atomic mass is 16.8. The minimum Gasteiger partial charge on any atom is -0.431 e. The molecule has 32 heteroatoms. The average molecular weight is 1400 g/mol. The van der Waals surface area contributed by atoms with E-state index in [0.717, 1.165) is 5.57 Å². The fourth-order valence-corrected chi connectivity index (χ4v) is 18.7. The standard InChI is InChI=1S/C65H108O32/c1-25(2)10-9-16-65(85,60(84)97-58-52(95-57-50(83)45(78)40(73)31(20-66)90-57)46(79)41(74)33(92-58)23-87-54-48(81)43(76)37(70)26(3)88-54)29-13-18-63(7)28(29)11-12-35-61(5)17-15-36(62(6,24-68)34(61)14-19-64(35,63)8)93-59-53(96-56-49(82)44(77)38(71)27(4)89-56)51(42(75)32(21-67)91-59)94-55-47(80)39(72)30(69)22-86-55/h10,26-59,66-83,85H,9,11-24H2,1-8H3/t26-,27-,28+,29-,30+,31+,32+,33+,34+,35+,36-,37-,38-,39-,40+,41+,42+,43+,44+,45-,46-,47+,48+,49+,50+,51-,52+,53+,54+,55-,56-,57-,58-,59-,61-,62+,63+,64+,65-/m0/s1. The third kappa shape index (κ3) is 14.0. The maximum Gasteiger partial charge on any atom is 0.340 e. The van der Waals surface area contributed by atoms with E-state index in [4.69, 9.17) is 56.8 Å². The molecular formula is C65H108O32. The zero-order valence-electron chi connectivity index (χ0n) is 56.1. The minimum atomic E-state index is -2.30. The number of rotatable bonds is 20. The summed E-state index contributed by atoms with van der Waals surface area (Å²) >= 11 is 0. The first-order valence-electron chi connectivity index (χ1n) is 34.3. The molecular weight excluding hydrogens is 1290 g/mol. The van der Waals surface area contributed by atoms with Crippen LogP contribution in [0, 0.1) is 45.3 Å². The number of aliphatic hydroxyl groups is 19. The molecule has 0 unspecified atom stereocenters. The number of aliphatic hydroxyl groups excluding tert-OH is 18. The SMILES string of the molecule is CC(C)=CCC[C@@](O)(C(=O)O[C@@H]1O[C@H](CO[C@@H]2O[C@@H](C)[C@H](O)[C@@H](O)[C@H]2O)[C@@H](O)[C@H](O)[C@H]1O[C@@H]1O[C@H](CO)[C@@H](O)[C@H](O)[C@H]1O)[C@H]1CC[C@]2(C)[C@@H]1CC[C@@H]1[C@@]3(C)CC[C@H](O[C@@H]4O[C@H](CO)[C@@H](O)[C@H](O[C@@H]5OC[C@@H](O)[C@H](O)[C@H]5O)[C@H]4O[C@@H]4O[C@@H](C)[C@H](O)[C@@H](O)[C@H]4O)[C@](C)(CO)[C@@H]3CC[C@]12C. The molecule has 6 aliphatic heterocycles. The molecule has 97 heavy (non-hydrogen) atoms. The lowest BCUT2D eigenvalue weighted by Crippen LogP contribution is -2.68. The molecule has 0 radical (unpaired) electrons. The van der Waals surface area contributed by atoms with Gasteiger partial charge in [0.05, 0.1) is 51.3 Å². The van der Waals surface area contributed by atoms with Crippen molar-refractivity contribution in [3.05, 3.63) is 11.6 Å². The van der Waals surface area contributed by atoms with Gasteiger partial charge in [0.25, 0.3) is 0 Å². The minimum absolute atomic E-state index is 0.0332. The van der Waals surface area contributed by atoms with Crippen LogP contribution in [0.5, 0.6) is 0 Å². The van der Waals surface area contributed by atoms with Crippen LogP contribution in [0.2, 0.25) is 0 Å². The molecule has 0 aromatic heterocycles. The molecule has 10 fully saturated rings. The number of fused-ring (bicyclic) bond motifs is 5. The Kier molecular flexibility index (Phi) is 24.2. The van der Waals surface area contributed by atoms with Gasteiger partial charge in [-0.15, -0.1) is 0 Å². The summed E-state index contributed by atoms with van der Waals surface area (Å²) in [4.78, 5) is 15.5. The van der Waals surface area contributed by atoms with E-state index < -0.39 is 256 Å². The van der Waals surface area contributed by atoms with Crippen LogP contribution in [0.1, 0.15) is 120 Å². The summed E-state index contributed by atoms with van der Waals surface area (Å²) in [5.41, 5.74) is -4.04. The molecule has 10 rings (SSSR count). The zero-order chi connectivity index (χ0) is 71.1. The van der Waals surface area contributed by atoms with Crippen molar-refractivity contribution < 1.29 is 159 Å². The summed E-state index contributed by atoms with van der Waals surface area (Å²) in [5.74, 6) is -2.60. The number of hydrogen-bond donors (Lipinski definition) is 19. The number of carbonyl (C=O) groups excluding carboxylic acids is 1. The third-order valence-electron chi connectivity index (χ3n) is 24.7. The lowest BCUT2D eigenvalue weighted by molar-refractivity contribution is -0.395. The zero-order valence-corrected chi connectivity index (χ0v) is 56.1. The van der Waals surface area contributed by atoms with Crippen molar-refractivity contribution in [3.63, 3.8) is 0 Å². The molecule has 4 aliphatic carbocycles. The summed E-state index contributed by atoms with van der Waals surface area (Å²) in [5, 5.41) is 210. The van der Waals surface area contributed by atoms with E-state index in [-0.39, 0.29) is 30.6 Å². The van der Waals surface area contributed by atoms with Crippen molar-refractivity contribution in [3.8, 4) is 0 Å². The summed E-state index contributed by atoms with van der Waals surface area (Å²) in [7, 11) is 0. The van der Waals surface area contributed by atoms with E-state index in [2.05, 4.69) is 20.8 Å². The fraction of sp³-hybridized carbons (Fsp3) is 0.954. The predicted octanol–water partition coefficient (Wildman–Crippen LogP) is -5.36. The van der Waals surface area contributed by atoms with Crippen molar-refractivity contribution in [1.29, 1.82) is 0 Å². The third-order valence-corrected chi connectivity index (χ3v) is 24.7. The van der Waals surface area contributed by atoms with E-state index in [1.807, 2.05) is 26.8 Å². The number of esters is 1. The maximum atomic E-state index is 15.5. The molecule has 0 amide bonds. The van der Waals surface area contributed by atoms with Crippen LogP contribution in [0.25, 0.3) is 0 Å². The Morgan fingerprint density at radius 2 is 1.04 bits per heavy atom. The Balaban J connectivity index is 0.911. The molecule has 0 aromatic rings. The first-order chi connectivity index (χ1) is 45.6. The highest BCUT2D eigenvalue weighted by Gasteiger charge is 2.72. The summed E-state index contributed by atoms with van der Waals surface area (Å²) in [6.45, 7) is 11.9. The normalized spacial score (nSPS) is 53.2. The molecule has 19 N–H and O–H groups in total. The maximum absolute atomic E-state index is 15.5. The number of allylic oxidation sites excluding steroid dienone is 2. The van der Waals surface area contributed by atoms with Crippen LogP contribution < -0.4 is 0 Å². The molecule has 0 spiro atoms. The van der Waals surface area contributed by atoms with Crippen LogP contribution in [-0.4, -0.2) is 326 Å². The smallest absolute Gasteiger partial charge is 0.340 e. The fourth-order valence-electron chi connectivity index (χ4n) is 18.7. The molecule has 0 bridgehead atoms. The summed E-state index contributed by atoms with van der Waals surface area (Å²) < 4.78 is 72.5. The number of hydrogen-bond acceptors (Lipinski definition) is 32. The Bertz CT molecular complexity index is 2650. The van der Waals surface area contributed by atoms with Crippen molar-refractivity contribution in [2.75, 3.05) is 33.0 Å². The lowest BCUT2D eigenvalue weighted by Gasteiger charge is -2.70. The second-order valence-electron chi connectivity index (χ2n) is 30.5. The first kappa shape index (κ1) is 77.6. The summed E-state index contributed by atoms with van der Waals surface area (Å²) in [6.07, 6.45) is -44.7. The van der Waals surface area contributed by atoms with E-state index in [1.54, 1.807) is 0 Å². The van der Waals surface area contributed by atoms with Crippen molar-refractivity contribution in [1.82, 2.24) is 0 Å². The second kappa shape index (κ2) is 30.2. The van der Waals surface area contributed by atoms with Gasteiger partial charge in [0.2, 0.25) is 6.29 Å². The van der Waals surface area contributed by atoms with Crippen LogP contribution in [0.15, 0.2) is 11.6 Å². The Morgan fingerprint density at radius 1 is 0.505 bits per heavy atom. The van der Waals surface area contributed by atoms with Gasteiger partial charge in [-0.2, -0.15) is 0 Å². The highest BCUT2D eigenvalue weighted by molar-refractivity contribution is 5.80. The van der Waals surface area contributed by atoms with E-state index in [0.29, 0.717) is 51.4 Å². The van der Waals surface area contributed by atoms with Crippen molar-refractivity contribution in [2.45, 2.75) is 309 Å². The quantitative estimate of drug-likeness (QED) is 0.0307. The monoisotopic (exact) mass is 1400 g/mol. The molecule has 0 aromatic carbocycles. The van der Waals surface area contributed by atoms with Crippen LogP contribution in [0.3, 0.4) is 0 Å². The van der Waals surface area contributed by atoms with Gasteiger partial charge in [-0.25, -0.2) is 4.79 Å². The highest BCUT2D eigenvalue weighted by Crippen LogP contribution is 2.76. The van der Waals surface area contributed by atoms with Crippen LogP contribution in [0.4, 0.5) is 0 Å². The van der Waals surface area contributed by atoms with Gasteiger partial charge >= 0.3 is 5.97 Å².